The van der Waals surface area contributed by atoms with Gasteiger partial charge in [-0.2, -0.15) is 0 Å². The van der Waals surface area contributed by atoms with Crippen molar-refractivity contribution in [3.63, 3.8) is 0 Å². The Labute approximate surface area is 195 Å². The monoisotopic (exact) mass is 461 g/mol. The largest absolute Gasteiger partial charge is 0.495 e. The van der Waals surface area contributed by atoms with Crippen molar-refractivity contribution < 1.29 is 33.0 Å². The molecule has 1 heterocycles. The summed E-state index contributed by atoms with van der Waals surface area (Å²) in [6, 6.07) is 17.5. The van der Waals surface area contributed by atoms with E-state index >= 15 is 0 Å². The van der Waals surface area contributed by atoms with E-state index in [-0.39, 0.29) is 12.4 Å². The number of ketones is 1. The van der Waals surface area contributed by atoms with Crippen LogP contribution in [0.5, 0.6) is 11.5 Å². The maximum Gasteiger partial charge on any atom is 0.344 e. The molecule has 8 nitrogen and oxygen atoms in total. The van der Waals surface area contributed by atoms with Crippen molar-refractivity contribution in [2.75, 3.05) is 25.6 Å². The number of benzene rings is 3. The molecule has 4 aromatic rings. The van der Waals surface area contributed by atoms with E-state index < -0.39 is 18.5 Å². The summed E-state index contributed by atoms with van der Waals surface area (Å²) in [5.41, 5.74) is 2.29. The predicted molar refractivity (Wildman–Crippen MR) is 126 cm³/mol. The molecular weight excluding hydrogens is 438 g/mol. The first-order valence-corrected chi connectivity index (χ1v) is 10.7. The second-order valence-corrected chi connectivity index (χ2v) is 7.45. The summed E-state index contributed by atoms with van der Waals surface area (Å²) in [6.07, 6.45) is 0.409. The number of rotatable bonds is 9. The van der Waals surface area contributed by atoms with Gasteiger partial charge in [-0.15, -0.1) is 0 Å². The summed E-state index contributed by atoms with van der Waals surface area (Å²) in [5.74, 6) is -0.355. The number of amides is 1. The van der Waals surface area contributed by atoms with Crippen molar-refractivity contribution in [3.8, 4) is 11.5 Å². The molecule has 4 rings (SSSR count). The number of anilines is 1. The third kappa shape index (κ3) is 5.01. The average Bonchev–Trinajstić information content (AvgIpc) is 3.22. The summed E-state index contributed by atoms with van der Waals surface area (Å²) in [6.45, 7) is 0.919. The van der Waals surface area contributed by atoms with Gasteiger partial charge >= 0.3 is 5.97 Å². The number of hydrogen-bond acceptors (Lipinski definition) is 7. The van der Waals surface area contributed by atoms with E-state index in [4.69, 9.17) is 18.6 Å². The molecule has 0 atom stereocenters. The van der Waals surface area contributed by atoms with Gasteiger partial charge in [0.05, 0.1) is 12.8 Å². The Morgan fingerprint density at radius 1 is 0.912 bits per heavy atom. The Morgan fingerprint density at radius 3 is 2.41 bits per heavy atom. The first-order chi connectivity index (χ1) is 16.5. The van der Waals surface area contributed by atoms with Crippen LogP contribution in [0.15, 0.2) is 65.1 Å². The quantitative estimate of drug-likeness (QED) is 0.283. The van der Waals surface area contributed by atoms with Crippen LogP contribution in [0, 0.1) is 0 Å². The van der Waals surface area contributed by atoms with Gasteiger partial charge in [0.15, 0.2) is 19.0 Å². The zero-order chi connectivity index (χ0) is 24.1. The average molecular weight is 461 g/mol. The molecule has 3 aromatic carbocycles. The van der Waals surface area contributed by atoms with Crippen LogP contribution in [0.2, 0.25) is 0 Å². The number of para-hydroxylation sites is 1. The minimum Gasteiger partial charge on any atom is -0.495 e. The minimum absolute atomic E-state index is 0.0214. The number of carbonyl (C=O) groups is 3. The maximum atomic E-state index is 12.4. The predicted octanol–water partition coefficient (Wildman–Crippen LogP) is 4.75. The lowest BCUT2D eigenvalue weighted by Crippen LogP contribution is -2.23. The summed E-state index contributed by atoms with van der Waals surface area (Å²) in [4.78, 5) is 36.0. The Kier molecular flexibility index (Phi) is 6.77. The van der Waals surface area contributed by atoms with Crippen LogP contribution in [0.1, 0.15) is 23.7 Å². The van der Waals surface area contributed by atoms with E-state index in [2.05, 4.69) is 5.32 Å². The maximum absolute atomic E-state index is 12.4. The first kappa shape index (κ1) is 22.8. The van der Waals surface area contributed by atoms with Crippen LogP contribution in [0.25, 0.3) is 21.9 Å². The van der Waals surface area contributed by atoms with Gasteiger partial charge in [-0.1, -0.05) is 25.1 Å². The summed E-state index contributed by atoms with van der Waals surface area (Å²) in [5, 5.41) is 4.48. The van der Waals surface area contributed by atoms with E-state index in [0.29, 0.717) is 34.8 Å². The SMILES string of the molecule is CCC(=O)c1ccc(OCC(=O)OCC(=O)Nc2cc3oc4ccccc4c3cc2OC)cc1. The molecule has 0 aliphatic carbocycles. The van der Waals surface area contributed by atoms with Crippen molar-refractivity contribution >= 4 is 45.3 Å². The van der Waals surface area contributed by atoms with Gasteiger partial charge in [-0.25, -0.2) is 4.79 Å². The summed E-state index contributed by atoms with van der Waals surface area (Å²) < 4.78 is 21.6. The Hall–Kier alpha value is -4.33. The smallest absolute Gasteiger partial charge is 0.344 e. The Morgan fingerprint density at radius 2 is 1.68 bits per heavy atom. The standard InChI is InChI=1S/C26H23NO7/c1-3-21(28)16-8-10-17(11-9-16)32-15-26(30)33-14-25(29)27-20-13-23-19(12-24(20)31-2)18-6-4-5-7-22(18)34-23/h4-13H,3,14-15H2,1-2H3,(H,27,29). The highest BCUT2D eigenvalue weighted by Gasteiger charge is 2.15. The van der Waals surface area contributed by atoms with Gasteiger partial charge in [0.25, 0.3) is 5.91 Å². The van der Waals surface area contributed by atoms with Crippen molar-refractivity contribution in [1.29, 1.82) is 0 Å². The second-order valence-electron chi connectivity index (χ2n) is 7.45. The van der Waals surface area contributed by atoms with E-state index in [9.17, 15) is 14.4 Å². The number of esters is 1. The van der Waals surface area contributed by atoms with E-state index in [1.807, 2.05) is 24.3 Å². The fourth-order valence-electron chi connectivity index (χ4n) is 3.48. The van der Waals surface area contributed by atoms with Gasteiger partial charge in [0.2, 0.25) is 0 Å². The minimum atomic E-state index is -0.705. The molecule has 174 valence electrons. The lowest BCUT2D eigenvalue weighted by Gasteiger charge is -2.11. The van der Waals surface area contributed by atoms with E-state index in [0.717, 1.165) is 16.4 Å². The highest BCUT2D eigenvalue weighted by molar-refractivity contribution is 6.08. The van der Waals surface area contributed by atoms with Gasteiger partial charge in [0.1, 0.15) is 22.7 Å². The molecule has 0 saturated carbocycles. The van der Waals surface area contributed by atoms with Gasteiger partial charge in [-0.05, 0) is 36.4 Å². The number of hydrogen-bond donors (Lipinski definition) is 1. The van der Waals surface area contributed by atoms with Crippen LogP contribution < -0.4 is 14.8 Å². The molecule has 0 spiro atoms. The number of Topliss-reactive ketones (excluding diaryl/α,β-unsaturated/α-hetero) is 1. The number of carbonyl (C=O) groups excluding carboxylic acids is 3. The molecule has 0 unspecified atom stereocenters. The first-order valence-electron chi connectivity index (χ1n) is 10.7. The second kappa shape index (κ2) is 10.1. The summed E-state index contributed by atoms with van der Waals surface area (Å²) in [7, 11) is 1.50. The number of fused-ring (bicyclic) bond motifs is 3. The lowest BCUT2D eigenvalue weighted by molar-refractivity contribution is -0.149. The van der Waals surface area contributed by atoms with Crippen LogP contribution >= 0.6 is 0 Å². The van der Waals surface area contributed by atoms with Gasteiger partial charge in [0, 0.05) is 28.8 Å². The molecule has 1 aromatic heterocycles. The van der Waals surface area contributed by atoms with Crippen LogP contribution in [0.3, 0.4) is 0 Å². The fraction of sp³-hybridized carbons (Fsp3) is 0.192. The Bertz CT molecular complexity index is 1360. The van der Waals surface area contributed by atoms with Crippen molar-refractivity contribution in [2.45, 2.75) is 13.3 Å². The Balaban J connectivity index is 1.33. The topological polar surface area (TPSA) is 104 Å². The highest BCUT2D eigenvalue weighted by Crippen LogP contribution is 2.36. The molecule has 1 N–H and O–H groups in total. The molecular formula is C26H23NO7. The highest BCUT2D eigenvalue weighted by atomic mass is 16.6. The number of methoxy groups -OCH3 is 1. The van der Waals surface area contributed by atoms with E-state index in [1.165, 1.54) is 7.11 Å². The van der Waals surface area contributed by atoms with Crippen molar-refractivity contribution in [2.24, 2.45) is 0 Å². The van der Waals surface area contributed by atoms with Gasteiger partial charge < -0.3 is 23.9 Å². The van der Waals surface area contributed by atoms with Crippen molar-refractivity contribution in [3.05, 3.63) is 66.2 Å². The molecule has 34 heavy (non-hydrogen) atoms. The molecule has 0 bridgehead atoms. The van der Waals surface area contributed by atoms with Gasteiger partial charge in [-0.3, -0.25) is 9.59 Å². The molecule has 0 fully saturated rings. The van der Waals surface area contributed by atoms with Crippen LogP contribution in [-0.4, -0.2) is 38.0 Å². The third-order valence-corrected chi connectivity index (χ3v) is 5.19. The molecule has 0 saturated heterocycles. The molecule has 0 aliphatic rings. The number of furan rings is 1. The molecule has 0 aliphatic heterocycles. The fourth-order valence-corrected chi connectivity index (χ4v) is 3.48. The van der Waals surface area contributed by atoms with Crippen molar-refractivity contribution in [1.82, 2.24) is 0 Å². The van der Waals surface area contributed by atoms with Crippen LogP contribution in [0.4, 0.5) is 5.69 Å². The van der Waals surface area contributed by atoms with Crippen LogP contribution in [-0.2, 0) is 14.3 Å². The summed E-state index contributed by atoms with van der Waals surface area (Å²) >= 11 is 0. The number of ether oxygens (including phenoxy) is 3. The normalized spacial score (nSPS) is 10.8. The molecule has 0 radical (unpaired) electrons. The third-order valence-electron chi connectivity index (χ3n) is 5.19. The zero-order valence-electron chi connectivity index (χ0n) is 18.8. The lowest BCUT2D eigenvalue weighted by atomic mass is 10.1. The molecule has 8 heteroatoms. The number of nitrogens with one attached hydrogen (secondary N) is 1. The molecule has 1 amide bonds. The zero-order valence-corrected chi connectivity index (χ0v) is 18.8. The van der Waals surface area contributed by atoms with E-state index in [1.54, 1.807) is 43.3 Å².